The molecular weight excluding hydrogens is 312 g/mol. The Labute approximate surface area is 132 Å². The second-order valence-electron chi connectivity index (χ2n) is 4.87. The maximum absolute atomic E-state index is 12.4. The Bertz CT molecular complexity index is 526. The lowest BCUT2D eigenvalue weighted by atomic mass is 10.1. The molecule has 1 aliphatic rings. The molecule has 21 heavy (non-hydrogen) atoms. The van der Waals surface area contributed by atoms with Crippen molar-refractivity contribution in [3.05, 3.63) is 21.3 Å². The molecule has 3 N–H and O–H groups in total. The molecule has 0 bridgehead atoms. The van der Waals surface area contributed by atoms with Crippen LogP contribution in [0.4, 0.5) is 0 Å². The Morgan fingerprint density at radius 1 is 1.52 bits per heavy atom. The highest BCUT2D eigenvalue weighted by Gasteiger charge is 2.28. The van der Waals surface area contributed by atoms with Crippen LogP contribution in [-0.2, 0) is 0 Å². The number of halogens is 1. The van der Waals surface area contributed by atoms with E-state index in [4.69, 9.17) is 22.5 Å². The van der Waals surface area contributed by atoms with Crippen LogP contribution >= 0.6 is 22.9 Å². The van der Waals surface area contributed by atoms with E-state index in [1.807, 2.05) is 12.3 Å². The average molecular weight is 331 g/mol. The molecule has 0 aromatic carbocycles. The molecule has 1 atom stereocenters. The van der Waals surface area contributed by atoms with Gasteiger partial charge in [0.1, 0.15) is 4.88 Å². The molecule has 0 radical (unpaired) electrons. The van der Waals surface area contributed by atoms with Gasteiger partial charge in [0.15, 0.2) is 5.84 Å². The van der Waals surface area contributed by atoms with Crippen LogP contribution in [0.25, 0.3) is 0 Å². The van der Waals surface area contributed by atoms with Crippen molar-refractivity contribution in [3.8, 4) is 0 Å². The predicted octanol–water partition coefficient (Wildman–Crippen LogP) is 1.68. The van der Waals surface area contributed by atoms with Crippen molar-refractivity contribution in [3.63, 3.8) is 0 Å². The summed E-state index contributed by atoms with van der Waals surface area (Å²) in [5.74, 6) is 0.199. The minimum absolute atomic E-state index is 0.0218. The van der Waals surface area contributed by atoms with Gasteiger partial charge in [-0.2, -0.15) is 0 Å². The van der Waals surface area contributed by atoms with Crippen molar-refractivity contribution in [2.75, 3.05) is 26.2 Å². The standard InChI is InChI=1S/C13H19ClN4O2S/c1-2-10(12(15)16-20)17-4-6-18(7-5-17)13(19)11-9(14)3-8-21-11/h3,8,10,20H,2,4-7H2,1H3,(H2,15,16). The van der Waals surface area contributed by atoms with Crippen LogP contribution in [-0.4, -0.2) is 59.0 Å². The van der Waals surface area contributed by atoms with Crippen LogP contribution in [0.3, 0.4) is 0 Å². The maximum atomic E-state index is 12.4. The van der Waals surface area contributed by atoms with Crippen LogP contribution in [0.1, 0.15) is 23.0 Å². The first-order valence-corrected chi connectivity index (χ1v) is 8.08. The normalized spacial score (nSPS) is 18.8. The molecule has 1 aromatic rings. The Hall–Kier alpha value is -1.31. The molecule has 116 valence electrons. The number of nitrogens with zero attached hydrogens (tertiary/aromatic N) is 3. The highest BCUT2D eigenvalue weighted by molar-refractivity contribution is 7.12. The van der Waals surface area contributed by atoms with E-state index in [1.54, 1.807) is 11.0 Å². The third kappa shape index (κ3) is 3.48. The van der Waals surface area contributed by atoms with Gasteiger partial charge in [-0.05, 0) is 17.9 Å². The number of amidine groups is 1. The molecule has 8 heteroatoms. The van der Waals surface area contributed by atoms with Gasteiger partial charge >= 0.3 is 0 Å². The molecule has 2 rings (SSSR count). The third-order valence-electron chi connectivity index (χ3n) is 3.70. The van der Waals surface area contributed by atoms with Gasteiger partial charge in [0.05, 0.1) is 11.1 Å². The summed E-state index contributed by atoms with van der Waals surface area (Å²) in [7, 11) is 0. The minimum atomic E-state index is -0.0856. The number of piperazine rings is 1. The molecule has 1 amide bonds. The first kappa shape index (κ1) is 16.1. The number of carbonyl (C=O) groups is 1. The predicted molar refractivity (Wildman–Crippen MR) is 84.3 cm³/mol. The maximum Gasteiger partial charge on any atom is 0.265 e. The quantitative estimate of drug-likeness (QED) is 0.381. The number of carbonyl (C=O) groups excluding carboxylic acids is 1. The summed E-state index contributed by atoms with van der Waals surface area (Å²) in [6, 6.07) is 1.65. The zero-order valence-electron chi connectivity index (χ0n) is 11.8. The number of hydrogen-bond donors (Lipinski definition) is 2. The van der Waals surface area contributed by atoms with Crippen molar-refractivity contribution in [2.45, 2.75) is 19.4 Å². The summed E-state index contributed by atoms with van der Waals surface area (Å²) >= 11 is 7.37. The van der Waals surface area contributed by atoms with Crippen molar-refractivity contribution < 1.29 is 10.0 Å². The van der Waals surface area contributed by atoms with Crippen molar-refractivity contribution in [2.24, 2.45) is 10.9 Å². The van der Waals surface area contributed by atoms with Gasteiger partial charge in [-0.25, -0.2) is 0 Å². The molecule has 1 unspecified atom stereocenters. The monoisotopic (exact) mass is 330 g/mol. The number of oxime groups is 1. The summed E-state index contributed by atoms with van der Waals surface area (Å²) in [4.78, 5) is 16.9. The summed E-state index contributed by atoms with van der Waals surface area (Å²) < 4.78 is 0. The van der Waals surface area contributed by atoms with Crippen LogP contribution in [0.5, 0.6) is 0 Å². The van der Waals surface area contributed by atoms with E-state index in [0.717, 1.165) is 6.42 Å². The molecular formula is C13H19ClN4O2S. The Morgan fingerprint density at radius 3 is 2.67 bits per heavy atom. The zero-order chi connectivity index (χ0) is 15.4. The van der Waals surface area contributed by atoms with E-state index in [2.05, 4.69) is 10.1 Å². The summed E-state index contributed by atoms with van der Waals surface area (Å²) in [5.41, 5.74) is 5.71. The van der Waals surface area contributed by atoms with Crippen LogP contribution in [0, 0.1) is 0 Å². The minimum Gasteiger partial charge on any atom is -0.409 e. The first-order chi connectivity index (χ1) is 10.1. The third-order valence-corrected chi connectivity index (χ3v) is 5.03. The lowest BCUT2D eigenvalue weighted by Crippen LogP contribution is -2.55. The zero-order valence-corrected chi connectivity index (χ0v) is 13.4. The second kappa shape index (κ2) is 7.11. The number of nitrogens with two attached hydrogens (primary N) is 1. The Balaban J connectivity index is 1.97. The molecule has 2 heterocycles. The molecule has 6 nitrogen and oxygen atoms in total. The van der Waals surface area contributed by atoms with Gasteiger partial charge in [-0.15, -0.1) is 11.3 Å². The second-order valence-corrected chi connectivity index (χ2v) is 6.20. The lowest BCUT2D eigenvalue weighted by Gasteiger charge is -2.38. The Kier molecular flexibility index (Phi) is 5.44. The van der Waals surface area contributed by atoms with Gasteiger partial charge < -0.3 is 15.8 Å². The van der Waals surface area contributed by atoms with Crippen LogP contribution in [0.2, 0.25) is 5.02 Å². The van der Waals surface area contributed by atoms with Gasteiger partial charge in [-0.1, -0.05) is 23.7 Å². The van der Waals surface area contributed by atoms with E-state index < -0.39 is 0 Å². The highest BCUT2D eigenvalue weighted by Crippen LogP contribution is 2.24. The number of amides is 1. The van der Waals surface area contributed by atoms with Gasteiger partial charge in [0.2, 0.25) is 0 Å². The summed E-state index contributed by atoms with van der Waals surface area (Å²) in [5, 5.41) is 14.2. The molecule has 1 aromatic heterocycles. The SMILES string of the molecule is CCC(/C(N)=N/O)N1CCN(C(=O)c2sccc2Cl)CC1. The fraction of sp³-hybridized carbons (Fsp3) is 0.538. The van der Waals surface area contributed by atoms with E-state index in [-0.39, 0.29) is 17.8 Å². The molecule has 0 saturated carbocycles. The fourth-order valence-corrected chi connectivity index (χ4v) is 3.65. The van der Waals surface area contributed by atoms with Crippen LogP contribution < -0.4 is 5.73 Å². The highest BCUT2D eigenvalue weighted by atomic mass is 35.5. The van der Waals surface area contributed by atoms with Gasteiger partial charge in [0, 0.05) is 26.2 Å². The van der Waals surface area contributed by atoms with Crippen molar-refractivity contribution in [1.82, 2.24) is 9.80 Å². The molecule has 1 fully saturated rings. The largest absolute Gasteiger partial charge is 0.409 e. The Morgan fingerprint density at radius 2 is 2.19 bits per heavy atom. The van der Waals surface area contributed by atoms with Crippen LogP contribution in [0.15, 0.2) is 16.6 Å². The summed E-state index contributed by atoms with van der Waals surface area (Å²) in [6.45, 7) is 4.61. The topological polar surface area (TPSA) is 82.2 Å². The molecule has 1 saturated heterocycles. The number of thiophene rings is 1. The lowest BCUT2D eigenvalue weighted by molar-refractivity contribution is 0.0613. The molecule has 0 aliphatic carbocycles. The van der Waals surface area contributed by atoms with E-state index in [0.29, 0.717) is 36.1 Å². The average Bonchev–Trinajstić information content (AvgIpc) is 2.94. The van der Waals surface area contributed by atoms with Gasteiger partial charge in [-0.3, -0.25) is 9.69 Å². The summed E-state index contributed by atoms with van der Waals surface area (Å²) in [6.07, 6.45) is 0.764. The number of rotatable bonds is 4. The van der Waals surface area contributed by atoms with E-state index in [9.17, 15) is 4.79 Å². The van der Waals surface area contributed by atoms with E-state index >= 15 is 0 Å². The number of hydrogen-bond acceptors (Lipinski definition) is 5. The smallest absolute Gasteiger partial charge is 0.265 e. The van der Waals surface area contributed by atoms with Crippen molar-refractivity contribution >= 4 is 34.7 Å². The first-order valence-electron chi connectivity index (χ1n) is 6.82. The van der Waals surface area contributed by atoms with E-state index in [1.165, 1.54) is 11.3 Å². The van der Waals surface area contributed by atoms with Gasteiger partial charge in [0.25, 0.3) is 5.91 Å². The molecule has 1 aliphatic heterocycles. The fourth-order valence-electron chi connectivity index (χ4n) is 2.55. The van der Waals surface area contributed by atoms with Crippen molar-refractivity contribution in [1.29, 1.82) is 0 Å². The molecule has 0 spiro atoms.